The lowest BCUT2D eigenvalue weighted by Crippen LogP contribution is -2.30. The molecule has 0 saturated carbocycles. The lowest BCUT2D eigenvalue weighted by molar-refractivity contribution is -0.462. The number of aliphatic carboxylic acids is 6. The van der Waals surface area contributed by atoms with Gasteiger partial charge in [0.05, 0.1) is 31.2 Å². The number of benzene rings is 5. The van der Waals surface area contributed by atoms with E-state index in [-0.39, 0.29) is 31.2 Å². The van der Waals surface area contributed by atoms with Crippen molar-refractivity contribution in [2.45, 2.75) is 0 Å². The molecule has 0 heterocycles. The molecule has 424 valence electrons. The number of carboxylic acid groups (broad SMARTS) is 6. The maximum absolute atomic E-state index is 9.10. The van der Waals surface area contributed by atoms with Gasteiger partial charge in [-0.2, -0.15) is 10.5 Å². The minimum Gasteiger partial charge on any atom is -0.539 e. The molecule has 0 saturated heterocycles. The van der Waals surface area contributed by atoms with E-state index in [0.717, 1.165) is 0 Å². The number of carbonyl (C=O) groups excluding carboxylic acids is 2. The summed E-state index contributed by atoms with van der Waals surface area (Å²) in [6, 6.07) is 42.2. The largest absolute Gasteiger partial charge is 0.539 e. The number of anilines is 2. The van der Waals surface area contributed by atoms with Gasteiger partial charge in [0.2, 0.25) is 0 Å². The number of halogens is 4. The van der Waals surface area contributed by atoms with Crippen LogP contribution in [0.2, 0.25) is 20.1 Å². The number of carboxylic acids is 6. The van der Waals surface area contributed by atoms with Crippen molar-refractivity contribution in [3.8, 4) is 12.1 Å². The number of rotatable bonds is 6. The number of hydrogen-bond acceptors (Lipinski definition) is 12. The first-order valence-corrected chi connectivity index (χ1v) is 25.1. The highest BCUT2D eigenvalue weighted by atomic mass is 35.5. The molecule has 7 rings (SSSR count). The summed E-state index contributed by atoms with van der Waals surface area (Å²) >= 11 is 22.8. The van der Waals surface area contributed by atoms with Crippen molar-refractivity contribution in [1.82, 2.24) is 0 Å². The third kappa shape index (κ3) is 21.2. The fourth-order valence-corrected chi connectivity index (χ4v) is 7.81. The molecular formula is C60H54Cl4N6O12. The summed E-state index contributed by atoms with van der Waals surface area (Å²) in [5, 5.41) is 64.6. The molecule has 5 aromatic carbocycles. The molecule has 4 N–H and O–H groups in total. The number of nitriles is 2. The molecule has 0 amide bonds. The molecule has 5 aromatic rings. The van der Waals surface area contributed by atoms with Crippen LogP contribution < -0.4 is 20.0 Å². The van der Waals surface area contributed by atoms with E-state index in [0.29, 0.717) is 0 Å². The van der Waals surface area contributed by atoms with E-state index in [1.807, 2.05) is 0 Å². The van der Waals surface area contributed by atoms with Gasteiger partial charge in [0.1, 0.15) is 40.3 Å². The van der Waals surface area contributed by atoms with Crippen molar-refractivity contribution >= 4 is 116 Å². The summed E-state index contributed by atoms with van der Waals surface area (Å²) in [6.07, 6.45) is 17.5. The monoisotopic (exact) mass is 1190 g/mol. The highest BCUT2D eigenvalue weighted by Gasteiger charge is 2.20. The van der Waals surface area contributed by atoms with Crippen LogP contribution in [0.3, 0.4) is 0 Å². The van der Waals surface area contributed by atoms with Crippen LogP contribution in [0.4, 0.5) is 11.4 Å². The van der Waals surface area contributed by atoms with Crippen LogP contribution >= 0.6 is 46.4 Å². The lowest BCUT2D eigenvalue weighted by Gasteiger charge is -2.16. The van der Waals surface area contributed by atoms with E-state index in [9.17, 15) is 0 Å². The van der Waals surface area contributed by atoms with Crippen molar-refractivity contribution in [2.24, 2.45) is 0 Å². The molecule has 0 atom stereocenters. The Bertz CT molecular complexity index is 3190. The number of carbonyl (C=O) groups is 6. The molecule has 0 radical (unpaired) electrons. The van der Waals surface area contributed by atoms with Gasteiger partial charge in [0, 0.05) is 63.9 Å². The molecule has 2 aliphatic carbocycles. The van der Waals surface area contributed by atoms with E-state index >= 15 is 0 Å². The Kier molecular flexibility index (Phi) is 28.2. The smallest absolute Gasteiger partial charge is 0.414 e. The van der Waals surface area contributed by atoms with Crippen molar-refractivity contribution in [3.05, 3.63) is 222 Å². The normalized spacial score (nSPS) is 11.2. The van der Waals surface area contributed by atoms with Gasteiger partial charge in [-0.25, -0.2) is 28.3 Å². The molecule has 0 bridgehead atoms. The first kappa shape index (κ1) is 68.5. The first-order chi connectivity index (χ1) is 38.6. The highest BCUT2D eigenvalue weighted by molar-refractivity contribution is 6.50. The van der Waals surface area contributed by atoms with Crippen LogP contribution in [0.1, 0.15) is 33.4 Å². The SMILES string of the molecule is CN(C)c1ccc(C(=C2C=CC(=[N+](C)C)C=C2)c2ccccc2)cc1.CN(C)c1ccc(C(=C2C=CC(=[N+](C)C)C=C2)c2ccccc2)cc1.N#Cc1c(Cl)c(Cl)c(Cl)c(C#N)c1Cl.O=C(O)C(=O)O.O=C([O-])C(=O)O.O=C([O-])C(=O)O. The minimum atomic E-state index is -2.07. The van der Waals surface area contributed by atoms with E-state index < -0.39 is 35.8 Å². The summed E-state index contributed by atoms with van der Waals surface area (Å²) in [5.41, 5.74) is 14.7. The van der Waals surface area contributed by atoms with Gasteiger partial charge in [-0.05, 0) is 93.1 Å². The van der Waals surface area contributed by atoms with E-state index in [1.165, 1.54) is 67.3 Å². The van der Waals surface area contributed by atoms with Crippen LogP contribution in [0.5, 0.6) is 0 Å². The molecule has 18 nitrogen and oxygen atoms in total. The topological polar surface area (TPSA) is 290 Å². The predicted octanol–water partition coefficient (Wildman–Crippen LogP) is 7.63. The second-order valence-electron chi connectivity index (χ2n) is 17.3. The Labute approximate surface area is 493 Å². The highest BCUT2D eigenvalue weighted by Crippen LogP contribution is 2.40. The fourth-order valence-electron chi connectivity index (χ4n) is 6.74. The van der Waals surface area contributed by atoms with Crippen LogP contribution in [-0.4, -0.2) is 133 Å². The Morgan fingerprint density at radius 1 is 0.415 bits per heavy atom. The lowest BCUT2D eigenvalue weighted by atomic mass is 9.90. The van der Waals surface area contributed by atoms with Crippen molar-refractivity contribution < 1.29 is 68.6 Å². The van der Waals surface area contributed by atoms with E-state index in [1.54, 1.807) is 12.1 Å². The maximum atomic E-state index is 9.10. The van der Waals surface area contributed by atoms with Gasteiger partial charge in [0.25, 0.3) is 0 Å². The second kappa shape index (κ2) is 33.8. The Hall–Kier alpha value is -9.56. The van der Waals surface area contributed by atoms with Crippen LogP contribution in [0, 0.1) is 22.7 Å². The summed E-state index contributed by atoms with van der Waals surface area (Å²) in [6.45, 7) is 0. The summed E-state index contributed by atoms with van der Waals surface area (Å²) in [5.74, 6) is -11.7. The third-order valence-electron chi connectivity index (χ3n) is 10.8. The fraction of sp³-hybridized carbons (Fsp3) is 0.133. The standard InChI is InChI=1S/2C23H25N2.C8Cl4N2.3C2H2O4/c2*1-24(2)21-14-10-19(11-15-21)23(18-8-6-5-7-9-18)20-12-16-22(17-13-20)25(3)4;9-5-3(1-13)6(10)8(12)7(11)4(5)2-14;3*3-1(4)2(5)6/h2*5-17H,1-4H3;;3*(H,3,4)(H,5,6)/q2*+1;;;;/p-2. The zero-order valence-corrected chi connectivity index (χ0v) is 48.3. The third-order valence-corrected chi connectivity index (χ3v) is 12.5. The van der Waals surface area contributed by atoms with Crippen LogP contribution in [0.25, 0.3) is 11.1 Å². The van der Waals surface area contributed by atoms with Gasteiger partial charge < -0.3 is 50.0 Å². The average Bonchev–Trinajstić information content (AvgIpc) is 3.53. The number of allylic oxidation sites excluding steroid dienone is 10. The predicted molar refractivity (Wildman–Crippen MR) is 314 cm³/mol. The van der Waals surface area contributed by atoms with Crippen molar-refractivity contribution in [2.75, 3.05) is 66.2 Å². The van der Waals surface area contributed by atoms with Gasteiger partial charge in [0.15, 0.2) is 23.4 Å². The van der Waals surface area contributed by atoms with Gasteiger partial charge in [-0.15, -0.1) is 0 Å². The Morgan fingerprint density at radius 3 is 0.878 bits per heavy atom. The minimum absolute atomic E-state index is 0.0363. The zero-order chi connectivity index (χ0) is 62.0. The molecule has 0 unspecified atom stereocenters. The molecule has 2 aliphatic rings. The molecule has 0 spiro atoms. The van der Waals surface area contributed by atoms with E-state index in [4.69, 9.17) is 116 Å². The molecule has 82 heavy (non-hydrogen) atoms. The maximum Gasteiger partial charge on any atom is 0.414 e. The molecule has 0 aliphatic heterocycles. The van der Waals surface area contributed by atoms with Crippen molar-refractivity contribution in [3.63, 3.8) is 0 Å². The quantitative estimate of drug-likeness (QED) is 0.0550. The summed E-state index contributed by atoms with van der Waals surface area (Å²) in [4.78, 5) is 58.5. The van der Waals surface area contributed by atoms with Gasteiger partial charge in [-0.1, -0.05) is 131 Å². The average molecular weight is 1190 g/mol. The Balaban J connectivity index is 0.000000374. The summed E-state index contributed by atoms with van der Waals surface area (Å²) < 4.78 is 4.25. The number of hydrogen-bond donors (Lipinski definition) is 4. The Morgan fingerprint density at radius 2 is 0.671 bits per heavy atom. The van der Waals surface area contributed by atoms with Crippen LogP contribution in [0.15, 0.2) is 169 Å². The molecule has 0 aromatic heterocycles. The van der Waals surface area contributed by atoms with Crippen molar-refractivity contribution in [1.29, 1.82) is 10.5 Å². The number of nitrogens with zero attached hydrogens (tertiary/aromatic N) is 6. The second-order valence-corrected chi connectivity index (χ2v) is 18.8. The zero-order valence-electron chi connectivity index (χ0n) is 45.3. The summed E-state index contributed by atoms with van der Waals surface area (Å²) in [7, 11) is 16.5. The first-order valence-electron chi connectivity index (χ1n) is 23.6. The van der Waals surface area contributed by atoms with Crippen LogP contribution in [-0.2, 0) is 28.8 Å². The van der Waals surface area contributed by atoms with Gasteiger partial charge >= 0.3 is 23.9 Å². The van der Waals surface area contributed by atoms with Gasteiger partial charge in [-0.3, -0.25) is 0 Å². The molecule has 22 heteroatoms. The van der Waals surface area contributed by atoms with E-state index in [2.05, 4.69) is 233 Å². The molecular weight excluding hydrogens is 1140 g/mol. The molecule has 0 fully saturated rings.